The van der Waals surface area contributed by atoms with E-state index in [4.69, 9.17) is 8.85 Å². The Bertz CT molecular complexity index is 1730. The average molecular weight is 905 g/mol. The summed E-state index contributed by atoms with van der Waals surface area (Å²) in [6.45, 7) is 25.3. The second-order valence-electron chi connectivity index (χ2n) is 19.9. The second-order valence-corrected chi connectivity index (χ2v) is 28.7. The van der Waals surface area contributed by atoms with Gasteiger partial charge < -0.3 is 24.8 Å². The van der Waals surface area contributed by atoms with E-state index >= 15 is 0 Å². The lowest BCUT2D eigenvalue weighted by Gasteiger charge is -2.40. The number of carbonyl (C=O) groups excluding carboxylic acids is 3. The second kappa shape index (κ2) is 24.6. The molecular weight excluding hydrogens is 825 g/mol. The van der Waals surface area contributed by atoms with Gasteiger partial charge in [0.2, 0.25) is 8.32 Å². The van der Waals surface area contributed by atoms with Crippen molar-refractivity contribution in [2.45, 2.75) is 116 Å². The van der Waals surface area contributed by atoms with Gasteiger partial charge >= 0.3 is 5.97 Å². The van der Waals surface area contributed by atoms with Crippen LogP contribution in [0.2, 0.25) is 32.7 Å². The summed E-state index contributed by atoms with van der Waals surface area (Å²) in [6, 6.07) is 16.4. The van der Waals surface area contributed by atoms with E-state index in [1.54, 1.807) is 0 Å². The van der Waals surface area contributed by atoms with Gasteiger partial charge in [-0.05, 0) is 121 Å². The molecule has 0 spiro atoms. The molecule has 4 aliphatic rings. The van der Waals surface area contributed by atoms with Crippen molar-refractivity contribution in [2.75, 3.05) is 97.9 Å². The average Bonchev–Trinajstić information content (AvgIpc) is 3.95. The Morgan fingerprint density at radius 2 is 1.16 bits per heavy atom. The van der Waals surface area contributed by atoms with Crippen LogP contribution < -0.4 is 16.0 Å². The van der Waals surface area contributed by atoms with Crippen LogP contribution in [-0.4, -0.2) is 169 Å². The zero-order chi connectivity index (χ0) is 44.7. The lowest BCUT2D eigenvalue weighted by atomic mass is 10.0. The fourth-order valence-corrected chi connectivity index (χ4v) is 17.4. The Morgan fingerprint density at radius 3 is 1.73 bits per heavy atom. The fraction of sp³-hybridized carbons (Fsp3) is 0.688. The number of Topliss-reactive ketones (excluding diaryl/α,β-unsaturated/α-hetero) is 1. The van der Waals surface area contributed by atoms with Gasteiger partial charge in [-0.25, -0.2) is 0 Å². The number of ether oxygens (including phenoxy) is 1. The van der Waals surface area contributed by atoms with E-state index in [0.29, 0.717) is 63.1 Å². The van der Waals surface area contributed by atoms with E-state index in [-0.39, 0.29) is 17.7 Å². The molecule has 3 N–H and O–H groups in total. The zero-order valence-electron chi connectivity index (χ0n) is 39.4. The maximum Gasteiger partial charge on any atom is 0.306 e. The van der Waals surface area contributed by atoms with E-state index in [2.05, 4.69) is 97.5 Å². The summed E-state index contributed by atoms with van der Waals surface area (Å²) in [5.74, 6) is -0.0625. The third-order valence-electron chi connectivity index (χ3n) is 12.9. The lowest BCUT2D eigenvalue weighted by molar-refractivity contribution is -0.142. The van der Waals surface area contributed by atoms with Crippen LogP contribution in [0.5, 0.6) is 0 Å². The first-order chi connectivity index (χ1) is 30.3. The summed E-state index contributed by atoms with van der Waals surface area (Å²) in [5, 5.41) is 10.1. The van der Waals surface area contributed by atoms with Crippen molar-refractivity contribution in [3.8, 4) is 0 Å². The number of hydrogen-bond acceptors (Lipinski definition) is 12. The van der Waals surface area contributed by atoms with Crippen molar-refractivity contribution in [1.29, 1.82) is 0 Å². The molecule has 2 atom stereocenters. The van der Waals surface area contributed by atoms with Crippen molar-refractivity contribution in [1.82, 2.24) is 40.4 Å². The molecule has 4 aliphatic heterocycles. The third-order valence-corrected chi connectivity index (χ3v) is 18.4. The van der Waals surface area contributed by atoms with Gasteiger partial charge in [-0.15, -0.1) is 0 Å². The lowest BCUT2D eigenvalue weighted by Crippen LogP contribution is -2.49. The zero-order valence-corrected chi connectivity index (χ0v) is 41.4. The molecule has 0 aliphatic carbocycles. The Morgan fingerprint density at radius 1 is 0.635 bits per heavy atom. The van der Waals surface area contributed by atoms with E-state index in [0.717, 1.165) is 64.3 Å². The predicted molar refractivity (Wildman–Crippen MR) is 258 cm³/mol. The molecule has 0 aromatic heterocycles. The van der Waals surface area contributed by atoms with Crippen LogP contribution in [0.15, 0.2) is 48.5 Å². The van der Waals surface area contributed by atoms with Crippen molar-refractivity contribution >= 4 is 34.3 Å². The van der Waals surface area contributed by atoms with Crippen LogP contribution in [0.3, 0.4) is 0 Å². The molecule has 0 bridgehead atoms. The minimum atomic E-state index is -2.05. The van der Waals surface area contributed by atoms with E-state index in [1.165, 1.54) is 75.8 Å². The highest BCUT2D eigenvalue weighted by Crippen LogP contribution is 2.28. The van der Waals surface area contributed by atoms with Crippen molar-refractivity contribution in [2.24, 2.45) is 0 Å². The number of nitrogens with one attached hydrogen (secondary N) is 3. The van der Waals surface area contributed by atoms with Crippen LogP contribution in [-0.2, 0) is 26.7 Å². The molecule has 63 heavy (non-hydrogen) atoms. The third kappa shape index (κ3) is 16.5. The summed E-state index contributed by atoms with van der Waals surface area (Å²) in [5.41, 5.74) is 4.02. The summed E-state index contributed by atoms with van der Waals surface area (Å²) in [4.78, 5) is 51.6. The quantitative estimate of drug-likeness (QED) is 0.0489. The number of fused-ring (bicyclic) bond motifs is 2. The fourth-order valence-electron chi connectivity index (χ4n) is 10.00. The van der Waals surface area contributed by atoms with E-state index in [1.807, 2.05) is 24.3 Å². The number of carbonyl (C=O) groups is 3. The van der Waals surface area contributed by atoms with Gasteiger partial charge in [0.25, 0.3) is 5.91 Å². The number of rotatable bonds is 26. The highest BCUT2D eigenvalue weighted by atomic mass is 28.4. The standard InChI is InChI=1S/C48H80N8O5Si2/c1-62(2,3)61-63(4,5)39-60-47(58)22-24-50-26-35-52(36-27-51-48(59)43-20-16-41(17-21-43)38-56-33-10-31-54-29-8-13-46(54)56)34-25-49-23-6-11-44(57)42-18-14-40(15-19-42)37-55-32-9-30-53-28-7-12-45(53)55/h14-21,45-46,49-50H,6-13,22-39H2,1-5H3,(H,51,59). The molecule has 2 aromatic carbocycles. The minimum Gasteiger partial charge on any atom is -0.466 e. The largest absolute Gasteiger partial charge is 0.466 e. The monoisotopic (exact) mass is 905 g/mol. The molecule has 6 rings (SSSR count). The van der Waals surface area contributed by atoms with E-state index in [9.17, 15) is 14.4 Å². The highest BCUT2D eigenvalue weighted by Gasteiger charge is 2.34. The molecule has 0 saturated carbocycles. The van der Waals surface area contributed by atoms with Crippen LogP contribution in [0.4, 0.5) is 0 Å². The molecular formula is C48H80N8O5Si2. The highest BCUT2D eigenvalue weighted by molar-refractivity contribution is 6.84. The number of benzene rings is 2. The molecule has 2 unspecified atom stereocenters. The topological polar surface area (TPSA) is 122 Å². The van der Waals surface area contributed by atoms with Crippen LogP contribution in [0, 0.1) is 0 Å². The normalized spacial score (nSPS) is 20.2. The molecule has 2 aromatic rings. The first-order valence-corrected chi connectivity index (χ1v) is 30.8. The van der Waals surface area contributed by atoms with Crippen LogP contribution >= 0.6 is 0 Å². The van der Waals surface area contributed by atoms with Crippen LogP contribution in [0.25, 0.3) is 0 Å². The molecule has 15 heteroatoms. The summed E-state index contributed by atoms with van der Waals surface area (Å²) < 4.78 is 11.9. The first-order valence-electron chi connectivity index (χ1n) is 24.3. The van der Waals surface area contributed by atoms with Gasteiger partial charge in [0.1, 0.15) is 6.23 Å². The van der Waals surface area contributed by atoms with Crippen LogP contribution in [0.1, 0.15) is 89.6 Å². The Labute approximate surface area is 381 Å². The molecule has 4 saturated heterocycles. The van der Waals surface area contributed by atoms with Crippen molar-refractivity contribution in [3.63, 3.8) is 0 Å². The molecule has 1 amide bonds. The smallest absolute Gasteiger partial charge is 0.306 e. The number of esters is 1. The summed E-state index contributed by atoms with van der Waals surface area (Å²) in [7, 11) is -3.74. The van der Waals surface area contributed by atoms with Gasteiger partial charge in [-0.2, -0.15) is 0 Å². The molecule has 350 valence electrons. The van der Waals surface area contributed by atoms with Gasteiger partial charge in [0, 0.05) is 103 Å². The first kappa shape index (κ1) is 49.6. The summed E-state index contributed by atoms with van der Waals surface area (Å²) >= 11 is 0. The van der Waals surface area contributed by atoms with Gasteiger partial charge in [0.15, 0.2) is 14.1 Å². The van der Waals surface area contributed by atoms with Gasteiger partial charge in [-0.1, -0.05) is 36.4 Å². The number of ketones is 1. The SMILES string of the molecule is C[Si](C)(C)O[Si](C)(C)COC(=O)CCNCCN(CCNCCCC(=O)c1ccc(CN2CCCN3CCCC32)cc1)CCNC(=O)c1ccc(CN2CCCN3CCCC32)cc1. The minimum absolute atomic E-state index is 0.0561. The van der Waals surface area contributed by atoms with Crippen molar-refractivity contribution in [3.05, 3.63) is 70.8 Å². The number of hydrogen-bond donors (Lipinski definition) is 3. The number of amides is 1. The predicted octanol–water partition coefficient (Wildman–Crippen LogP) is 5.35. The van der Waals surface area contributed by atoms with Gasteiger partial charge in [0.05, 0.1) is 18.8 Å². The van der Waals surface area contributed by atoms with Crippen molar-refractivity contribution < 1.29 is 23.2 Å². The van der Waals surface area contributed by atoms with E-state index < -0.39 is 16.6 Å². The van der Waals surface area contributed by atoms with Gasteiger partial charge in [-0.3, -0.25) is 38.9 Å². The Balaban J connectivity index is 0.897. The molecule has 4 fully saturated rings. The number of nitrogens with zero attached hydrogens (tertiary/aromatic N) is 5. The molecule has 13 nitrogen and oxygen atoms in total. The Hall–Kier alpha value is -2.84. The maximum absolute atomic E-state index is 13.2. The maximum atomic E-state index is 13.2. The molecule has 4 heterocycles. The summed E-state index contributed by atoms with van der Waals surface area (Å²) in [6.07, 6.45) is 10.7. The Kier molecular flexibility index (Phi) is 19.4. The molecule has 0 radical (unpaired) electrons.